The SMILES string of the molecule is CN1CCC(NC(=O)N[C@H]2CCCO[C@@H]2c2cnn(C)c2)CC1. The first kappa shape index (κ1) is 16.3. The Morgan fingerprint density at radius 2 is 2.04 bits per heavy atom. The first-order valence-corrected chi connectivity index (χ1v) is 8.47. The summed E-state index contributed by atoms with van der Waals surface area (Å²) < 4.78 is 7.66. The summed E-state index contributed by atoms with van der Waals surface area (Å²) in [6.45, 7) is 2.81. The van der Waals surface area contributed by atoms with Gasteiger partial charge in [0.05, 0.1) is 12.2 Å². The van der Waals surface area contributed by atoms with Crippen molar-refractivity contribution < 1.29 is 9.53 Å². The number of aromatic nitrogens is 2. The second kappa shape index (κ2) is 7.31. The number of urea groups is 1. The molecule has 0 saturated carbocycles. The third kappa shape index (κ3) is 4.23. The summed E-state index contributed by atoms with van der Waals surface area (Å²) in [5.41, 5.74) is 1.02. The van der Waals surface area contributed by atoms with Crippen molar-refractivity contribution in [2.75, 3.05) is 26.7 Å². The number of likely N-dealkylation sites (tertiary alicyclic amines) is 1. The zero-order valence-electron chi connectivity index (χ0n) is 14.0. The van der Waals surface area contributed by atoms with Crippen molar-refractivity contribution >= 4 is 6.03 Å². The number of ether oxygens (including phenoxy) is 1. The van der Waals surface area contributed by atoms with Crippen LogP contribution < -0.4 is 10.6 Å². The first-order chi connectivity index (χ1) is 11.1. The Morgan fingerprint density at radius 1 is 1.26 bits per heavy atom. The highest BCUT2D eigenvalue weighted by atomic mass is 16.5. The second-order valence-electron chi connectivity index (χ2n) is 6.68. The van der Waals surface area contributed by atoms with Crippen LogP contribution in [0.5, 0.6) is 0 Å². The second-order valence-corrected chi connectivity index (χ2v) is 6.68. The maximum atomic E-state index is 12.3. The summed E-state index contributed by atoms with van der Waals surface area (Å²) >= 11 is 0. The van der Waals surface area contributed by atoms with Gasteiger partial charge in [-0.1, -0.05) is 0 Å². The predicted octanol–water partition coefficient (Wildman–Crippen LogP) is 1.03. The molecule has 3 rings (SSSR count). The van der Waals surface area contributed by atoms with E-state index in [1.165, 1.54) is 0 Å². The number of hydrogen-bond donors (Lipinski definition) is 2. The third-order valence-corrected chi connectivity index (χ3v) is 4.75. The zero-order chi connectivity index (χ0) is 16.2. The normalized spacial score (nSPS) is 26.9. The van der Waals surface area contributed by atoms with Gasteiger partial charge in [-0.25, -0.2) is 4.79 Å². The molecule has 2 amide bonds. The van der Waals surface area contributed by atoms with Crippen LogP contribution in [0.25, 0.3) is 0 Å². The van der Waals surface area contributed by atoms with Crippen LogP contribution in [0.1, 0.15) is 37.4 Å². The van der Waals surface area contributed by atoms with E-state index in [0.717, 1.165) is 50.9 Å². The summed E-state index contributed by atoms with van der Waals surface area (Å²) in [4.78, 5) is 14.6. The molecule has 2 aliphatic heterocycles. The van der Waals surface area contributed by atoms with E-state index >= 15 is 0 Å². The van der Waals surface area contributed by atoms with Crippen molar-refractivity contribution in [1.29, 1.82) is 0 Å². The van der Waals surface area contributed by atoms with E-state index < -0.39 is 0 Å². The maximum absolute atomic E-state index is 12.3. The van der Waals surface area contributed by atoms with Gasteiger partial charge in [0.25, 0.3) is 0 Å². The summed E-state index contributed by atoms with van der Waals surface area (Å²) in [5.74, 6) is 0. The number of amides is 2. The maximum Gasteiger partial charge on any atom is 0.315 e. The molecule has 0 bridgehead atoms. The van der Waals surface area contributed by atoms with Crippen LogP contribution in [0.2, 0.25) is 0 Å². The van der Waals surface area contributed by atoms with E-state index in [4.69, 9.17) is 4.74 Å². The van der Waals surface area contributed by atoms with Gasteiger partial charge in [-0.05, 0) is 45.8 Å². The van der Waals surface area contributed by atoms with Crippen LogP contribution in [0.15, 0.2) is 12.4 Å². The van der Waals surface area contributed by atoms with Crippen molar-refractivity contribution in [3.63, 3.8) is 0 Å². The van der Waals surface area contributed by atoms with Gasteiger partial charge in [-0.15, -0.1) is 0 Å². The zero-order valence-corrected chi connectivity index (χ0v) is 14.0. The van der Waals surface area contributed by atoms with Gasteiger partial charge in [-0.3, -0.25) is 4.68 Å². The molecular formula is C16H27N5O2. The Hall–Kier alpha value is -1.60. The Balaban J connectivity index is 1.55. The summed E-state index contributed by atoms with van der Waals surface area (Å²) in [5, 5.41) is 10.4. The smallest absolute Gasteiger partial charge is 0.315 e. The minimum atomic E-state index is -0.110. The molecule has 0 spiro atoms. The highest BCUT2D eigenvalue weighted by molar-refractivity contribution is 5.74. The molecule has 0 aromatic carbocycles. The highest BCUT2D eigenvalue weighted by Crippen LogP contribution is 2.28. The van der Waals surface area contributed by atoms with Crippen LogP contribution in [-0.4, -0.2) is 59.5 Å². The Morgan fingerprint density at radius 3 is 2.74 bits per heavy atom. The average molecular weight is 321 g/mol. The molecule has 0 radical (unpaired) electrons. The molecule has 23 heavy (non-hydrogen) atoms. The number of nitrogens with zero attached hydrogens (tertiary/aromatic N) is 3. The number of aryl methyl sites for hydroxylation is 1. The lowest BCUT2D eigenvalue weighted by Crippen LogP contribution is -2.51. The monoisotopic (exact) mass is 321 g/mol. The van der Waals surface area contributed by atoms with Gasteiger partial charge < -0.3 is 20.3 Å². The van der Waals surface area contributed by atoms with E-state index in [2.05, 4.69) is 27.7 Å². The lowest BCUT2D eigenvalue weighted by atomic mass is 9.98. The van der Waals surface area contributed by atoms with Crippen LogP contribution in [0, 0.1) is 0 Å². The topological polar surface area (TPSA) is 71.4 Å². The van der Waals surface area contributed by atoms with E-state index in [-0.39, 0.29) is 24.2 Å². The molecule has 2 N–H and O–H groups in total. The largest absolute Gasteiger partial charge is 0.371 e. The summed E-state index contributed by atoms with van der Waals surface area (Å²) in [6.07, 6.45) is 7.59. The molecule has 2 saturated heterocycles. The lowest BCUT2D eigenvalue weighted by Gasteiger charge is -2.33. The van der Waals surface area contributed by atoms with Crippen LogP contribution in [-0.2, 0) is 11.8 Å². The van der Waals surface area contributed by atoms with Crippen LogP contribution in [0.3, 0.4) is 0 Å². The molecule has 7 nitrogen and oxygen atoms in total. The number of nitrogens with one attached hydrogen (secondary N) is 2. The number of carbonyl (C=O) groups excluding carboxylic acids is 1. The third-order valence-electron chi connectivity index (χ3n) is 4.75. The van der Waals surface area contributed by atoms with Gasteiger partial charge in [0.1, 0.15) is 6.10 Å². The van der Waals surface area contributed by atoms with E-state index in [9.17, 15) is 4.79 Å². The van der Waals surface area contributed by atoms with E-state index in [1.54, 1.807) is 4.68 Å². The quantitative estimate of drug-likeness (QED) is 0.872. The fraction of sp³-hybridized carbons (Fsp3) is 0.750. The number of hydrogen-bond acceptors (Lipinski definition) is 4. The number of piperidine rings is 1. The van der Waals surface area contributed by atoms with Crippen molar-refractivity contribution in [2.24, 2.45) is 7.05 Å². The molecule has 7 heteroatoms. The fourth-order valence-electron chi connectivity index (χ4n) is 3.39. The Labute approximate surface area is 137 Å². The van der Waals surface area contributed by atoms with Crippen molar-refractivity contribution in [3.8, 4) is 0 Å². The van der Waals surface area contributed by atoms with Crippen LogP contribution in [0.4, 0.5) is 4.79 Å². The van der Waals surface area contributed by atoms with Gasteiger partial charge in [0.15, 0.2) is 0 Å². The van der Waals surface area contributed by atoms with E-state index in [1.807, 2.05) is 19.4 Å². The number of carbonyl (C=O) groups is 1. The molecule has 1 aromatic heterocycles. The predicted molar refractivity (Wildman–Crippen MR) is 87.1 cm³/mol. The van der Waals surface area contributed by atoms with Crippen molar-refractivity contribution in [1.82, 2.24) is 25.3 Å². The highest BCUT2D eigenvalue weighted by Gasteiger charge is 2.30. The molecule has 2 fully saturated rings. The van der Waals surface area contributed by atoms with Crippen molar-refractivity contribution in [2.45, 2.75) is 43.9 Å². The minimum Gasteiger partial charge on any atom is -0.371 e. The molecular weight excluding hydrogens is 294 g/mol. The van der Waals surface area contributed by atoms with Crippen LogP contribution >= 0.6 is 0 Å². The van der Waals surface area contributed by atoms with E-state index in [0.29, 0.717) is 0 Å². The molecule has 0 aliphatic carbocycles. The van der Waals surface area contributed by atoms with Gasteiger partial charge in [0, 0.05) is 31.5 Å². The Kier molecular flexibility index (Phi) is 5.17. The fourth-order valence-corrected chi connectivity index (χ4v) is 3.39. The lowest BCUT2D eigenvalue weighted by molar-refractivity contribution is -0.00760. The molecule has 0 unspecified atom stereocenters. The molecule has 1 aromatic rings. The minimum absolute atomic E-state index is 0.000728. The summed E-state index contributed by atoms with van der Waals surface area (Å²) in [7, 11) is 4.01. The van der Waals surface area contributed by atoms with Crippen molar-refractivity contribution in [3.05, 3.63) is 18.0 Å². The standard InChI is InChI=1S/C16H27N5O2/c1-20-7-5-13(6-8-20)18-16(22)19-14-4-3-9-23-15(14)12-10-17-21(2)11-12/h10-11,13-15H,3-9H2,1-2H3,(H2,18,19,22)/t14-,15+/m0/s1. The Bertz CT molecular complexity index is 524. The van der Waals surface area contributed by atoms with Gasteiger partial charge in [-0.2, -0.15) is 5.10 Å². The van der Waals surface area contributed by atoms with Gasteiger partial charge in [0.2, 0.25) is 0 Å². The first-order valence-electron chi connectivity index (χ1n) is 8.47. The summed E-state index contributed by atoms with van der Waals surface area (Å²) in [6, 6.07) is 0.190. The average Bonchev–Trinajstić information content (AvgIpc) is 2.96. The molecule has 2 aliphatic rings. The molecule has 128 valence electrons. The molecule has 2 atom stereocenters. The molecule has 3 heterocycles. The number of rotatable bonds is 3. The van der Waals surface area contributed by atoms with Gasteiger partial charge >= 0.3 is 6.03 Å².